The summed E-state index contributed by atoms with van der Waals surface area (Å²) in [6.45, 7) is 3.65. The Labute approximate surface area is 100 Å². The van der Waals surface area contributed by atoms with Crippen molar-refractivity contribution in [2.24, 2.45) is 0 Å². The van der Waals surface area contributed by atoms with Crippen LogP contribution < -0.4 is 5.32 Å². The largest absolute Gasteiger partial charge is 0.445 e. The van der Waals surface area contributed by atoms with E-state index in [1.54, 1.807) is 6.29 Å². The molecule has 0 aliphatic rings. The van der Waals surface area contributed by atoms with Gasteiger partial charge in [0, 0.05) is 0 Å². The van der Waals surface area contributed by atoms with E-state index >= 15 is 0 Å². The molecule has 89 valence electrons. The highest BCUT2D eigenvalue weighted by Gasteiger charge is 2.11. The van der Waals surface area contributed by atoms with Crippen molar-refractivity contribution in [3.05, 3.63) is 48.6 Å². The van der Waals surface area contributed by atoms with Crippen LogP contribution in [0.2, 0.25) is 0 Å². The van der Waals surface area contributed by atoms with Crippen molar-refractivity contribution < 1.29 is 14.3 Å². The molecule has 1 N–H and O–H groups in total. The van der Waals surface area contributed by atoms with Gasteiger partial charge in [0.15, 0.2) is 0 Å². The summed E-state index contributed by atoms with van der Waals surface area (Å²) >= 11 is 0. The molecule has 0 spiro atoms. The third-order valence-electron chi connectivity index (χ3n) is 2.05. The van der Waals surface area contributed by atoms with Crippen molar-refractivity contribution in [2.75, 3.05) is 0 Å². The van der Waals surface area contributed by atoms with Crippen molar-refractivity contribution in [1.29, 1.82) is 0 Å². The molecule has 1 rings (SSSR count). The Morgan fingerprint density at radius 3 is 2.76 bits per heavy atom. The molecule has 1 atom stereocenters. The second-order valence-electron chi connectivity index (χ2n) is 3.40. The van der Waals surface area contributed by atoms with Crippen molar-refractivity contribution >= 4 is 12.4 Å². The highest BCUT2D eigenvalue weighted by atomic mass is 16.5. The van der Waals surface area contributed by atoms with Crippen molar-refractivity contribution in [3.63, 3.8) is 0 Å². The smallest absolute Gasteiger partial charge is 0.408 e. The number of carbonyl (C=O) groups is 1. The number of benzene rings is 1. The second kappa shape index (κ2) is 7.22. The number of ether oxygens (including phenoxy) is 1. The van der Waals surface area contributed by atoms with Gasteiger partial charge in [0.2, 0.25) is 6.29 Å². The van der Waals surface area contributed by atoms with Crippen LogP contribution in [0.15, 0.2) is 43.0 Å². The Morgan fingerprint density at radius 2 is 2.18 bits per heavy atom. The number of nitrogens with one attached hydrogen (secondary N) is 1. The van der Waals surface area contributed by atoms with Crippen LogP contribution in [0.4, 0.5) is 4.79 Å². The minimum absolute atomic E-state index is 0.173. The first-order valence-corrected chi connectivity index (χ1v) is 5.22. The lowest BCUT2D eigenvalue weighted by molar-refractivity contribution is 0.138. The molecule has 0 aromatic heterocycles. The lowest BCUT2D eigenvalue weighted by Gasteiger charge is -2.10. The van der Waals surface area contributed by atoms with E-state index in [1.165, 1.54) is 6.08 Å². The van der Waals surface area contributed by atoms with Gasteiger partial charge in [-0.25, -0.2) is 4.79 Å². The third kappa shape index (κ3) is 4.97. The predicted octanol–water partition coefficient (Wildman–Crippen LogP) is 1.97. The zero-order valence-corrected chi connectivity index (χ0v) is 9.39. The number of rotatable bonds is 6. The fourth-order valence-corrected chi connectivity index (χ4v) is 1.21. The van der Waals surface area contributed by atoms with Crippen LogP contribution in [0.5, 0.6) is 0 Å². The van der Waals surface area contributed by atoms with Crippen LogP contribution in [-0.4, -0.2) is 18.4 Å². The number of amides is 1. The zero-order chi connectivity index (χ0) is 12.5. The average Bonchev–Trinajstić information content (AvgIpc) is 2.37. The Morgan fingerprint density at radius 1 is 1.47 bits per heavy atom. The van der Waals surface area contributed by atoms with Crippen LogP contribution in [0.3, 0.4) is 0 Å². The first kappa shape index (κ1) is 13.0. The van der Waals surface area contributed by atoms with Gasteiger partial charge in [-0.05, 0) is 12.0 Å². The van der Waals surface area contributed by atoms with E-state index in [0.717, 1.165) is 5.56 Å². The van der Waals surface area contributed by atoms with Gasteiger partial charge >= 0.3 is 6.09 Å². The molecule has 0 aliphatic carbocycles. The number of hydrogen-bond donors (Lipinski definition) is 1. The Kier molecular flexibility index (Phi) is 5.51. The Bertz CT molecular complexity index is 376. The molecule has 0 aliphatic heterocycles. The maximum absolute atomic E-state index is 11.3. The number of alkyl carbamates (subject to hydrolysis) is 1. The van der Waals surface area contributed by atoms with E-state index in [0.29, 0.717) is 6.42 Å². The standard InChI is InChI=1S/C13H14NO3/c1-2-6-12(9-15)14-13(16)17-10-11-7-4-3-5-8-11/h2-5,7-8,12H,1,6,10H2,(H,14,16). The molecule has 4 heteroatoms. The van der Waals surface area contributed by atoms with Gasteiger partial charge in [-0.2, -0.15) is 0 Å². The summed E-state index contributed by atoms with van der Waals surface area (Å²) in [5, 5.41) is 2.38. The van der Waals surface area contributed by atoms with E-state index in [9.17, 15) is 9.59 Å². The first-order chi connectivity index (χ1) is 8.26. The Hall–Kier alpha value is -2.10. The van der Waals surface area contributed by atoms with Crippen molar-refractivity contribution in [1.82, 2.24) is 5.32 Å². The molecule has 0 bridgehead atoms. The monoisotopic (exact) mass is 232 g/mol. The Balaban J connectivity index is 2.34. The molecular weight excluding hydrogens is 218 g/mol. The summed E-state index contributed by atoms with van der Waals surface area (Å²) in [6, 6.07) is 8.59. The van der Waals surface area contributed by atoms with Crippen LogP contribution in [-0.2, 0) is 16.1 Å². The molecule has 0 saturated heterocycles. The summed E-state index contributed by atoms with van der Waals surface area (Å²) in [5.74, 6) is 0. The molecule has 0 fully saturated rings. The molecule has 0 heterocycles. The molecular formula is C13H14NO3. The highest BCUT2D eigenvalue weighted by molar-refractivity contribution is 5.73. The molecule has 17 heavy (non-hydrogen) atoms. The highest BCUT2D eigenvalue weighted by Crippen LogP contribution is 2.01. The summed E-state index contributed by atoms with van der Waals surface area (Å²) in [7, 11) is 0. The van der Waals surface area contributed by atoms with Crippen molar-refractivity contribution in [2.45, 2.75) is 19.1 Å². The molecule has 1 amide bonds. The van der Waals surface area contributed by atoms with E-state index in [4.69, 9.17) is 4.74 Å². The van der Waals surface area contributed by atoms with E-state index in [-0.39, 0.29) is 6.61 Å². The van der Waals surface area contributed by atoms with Gasteiger partial charge in [-0.15, -0.1) is 6.58 Å². The van der Waals surface area contributed by atoms with Gasteiger partial charge in [-0.3, -0.25) is 4.79 Å². The number of carbonyl (C=O) groups excluding carboxylic acids is 2. The lowest BCUT2D eigenvalue weighted by Crippen LogP contribution is -2.35. The van der Waals surface area contributed by atoms with Gasteiger partial charge in [0.25, 0.3) is 0 Å². The molecule has 1 aromatic carbocycles. The van der Waals surface area contributed by atoms with Crippen LogP contribution in [0.1, 0.15) is 12.0 Å². The zero-order valence-electron chi connectivity index (χ0n) is 9.39. The second-order valence-corrected chi connectivity index (χ2v) is 3.40. The first-order valence-electron chi connectivity index (χ1n) is 5.22. The topological polar surface area (TPSA) is 55.4 Å². The average molecular weight is 232 g/mol. The van der Waals surface area contributed by atoms with Gasteiger partial charge in [0.1, 0.15) is 12.6 Å². The van der Waals surface area contributed by atoms with Gasteiger partial charge in [-0.1, -0.05) is 36.4 Å². The number of hydrogen-bond acceptors (Lipinski definition) is 3. The van der Waals surface area contributed by atoms with E-state index in [2.05, 4.69) is 11.9 Å². The predicted molar refractivity (Wildman–Crippen MR) is 64.1 cm³/mol. The third-order valence-corrected chi connectivity index (χ3v) is 2.05. The maximum Gasteiger partial charge on any atom is 0.408 e. The van der Waals surface area contributed by atoms with E-state index in [1.807, 2.05) is 30.3 Å². The van der Waals surface area contributed by atoms with Crippen LogP contribution >= 0.6 is 0 Å². The molecule has 4 nitrogen and oxygen atoms in total. The van der Waals surface area contributed by atoms with Crippen LogP contribution in [0, 0.1) is 0 Å². The fourth-order valence-electron chi connectivity index (χ4n) is 1.21. The SMILES string of the molecule is C=CCC([C]=O)NC(=O)OCc1ccccc1. The molecule has 1 aromatic rings. The summed E-state index contributed by atoms with van der Waals surface area (Å²) in [5.41, 5.74) is 0.887. The molecule has 1 unspecified atom stereocenters. The molecule has 0 saturated carbocycles. The minimum Gasteiger partial charge on any atom is -0.445 e. The van der Waals surface area contributed by atoms with Gasteiger partial charge in [0.05, 0.1) is 0 Å². The summed E-state index contributed by atoms with van der Waals surface area (Å²) in [6.07, 6.45) is 2.94. The van der Waals surface area contributed by atoms with Crippen molar-refractivity contribution in [3.8, 4) is 0 Å². The minimum atomic E-state index is -0.698. The van der Waals surface area contributed by atoms with Crippen LogP contribution in [0.25, 0.3) is 0 Å². The quantitative estimate of drug-likeness (QED) is 0.763. The molecule has 1 radical (unpaired) electrons. The lowest BCUT2D eigenvalue weighted by atomic mass is 10.2. The fraction of sp³-hybridized carbons (Fsp3) is 0.231. The van der Waals surface area contributed by atoms with E-state index < -0.39 is 12.1 Å². The maximum atomic E-state index is 11.3. The van der Waals surface area contributed by atoms with Gasteiger partial charge < -0.3 is 10.1 Å². The summed E-state index contributed by atoms with van der Waals surface area (Å²) < 4.78 is 4.94. The summed E-state index contributed by atoms with van der Waals surface area (Å²) in [4.78, 5) is 21.8. The normalized spacial score (nSPS) is 11.3.